The van der Waals surface area contributed by atoms with Gasteiger partial charge in [0, 0.05) is 19.1 Å². The third-order valence-electron chi connectivity index (χ3n) is 5.30. The molecule has 1 saturated carbocycles. The van der Waals surface area contributed by atoms with Crippen molar-refractivity contribution < 1.29 is 14.3 Å². The Morgan fingerprint density at radius 2 is 2.00 bits per heavy atom. The number of ether oxygens (including phenoxy) is 2. The van der Waals surface area contributed by atoms with Gasteiger partial charge in [0.2, 0.25) is 0 Å². The van der Waals surface area contributed by atoms with Crippen molar-refractivity contribution in [2.24, 2.45) is 11.8 Å². The highest BCUT2D eigenvalue weighted by atomic mass is 16.6. The molecule has 1 saturated heterocycles. The number of hydrogen-bond donors (Lipinski definition) is 1. The van der Waals surface area contributed by atoms with Crippen molar-refractivity contribution in [2.75, 3.05) is 32.8 Å². The molecule has 3 atom stereocenters. The summed E-state index contributed by atoms with van der Waals surface area (Å²) in [4.78, 5) is 14.8. The van der Waals surface area contributed by atoms with Crippen LogP contribution in [0.15, 0.2) is 12.7 Å². The van der Waals surface area contributed by atoms with Crippen LogP contribution in [0.4, 0.5) is 4.79 Å². The van der Waals surface area contributed by atoms with Crippen LogP contribution in [0.2, 0.25) is 0 Å². The highest BCUT2D eigenvalue weighted by Crippen LogP contribution is 2.27. The van der Waals surface area contributed by atoms with E-state index in [1.54, 1.807) is 0 Å². The molecule has 0 bridgehead atoms. The van der Waals surface area contributed by atoms with Gasteiger partial charge >= 0.3 is 6.09 Å². The van der Waals surface area contributed by atoms with Crippen molar-refractivity contribution in [3.8, 4) is 0 Å². The quantitative estimate of drug-likeness (QED) is 0.547. The number of rotatable bonds is 7. The van der Waals surface area contributed by atoms with E-state index >= 15 is 0 Å². The average Bonchev–Trinajstić information content (AvgIpc) is 2.56. The summed E-state index contributed by atoms with van der Waals surface area (Å²) in [6.07, 6.45) is 8.72. The standard InChI is InChI=1S/C21H38N2O3/c1-5-13-25-16-17-9-8-12-23(14-17)15-18-10-6-7-11-19(18)22-20(24)26-21(2,3)4/h5,17-19H,1,6-16H2,2-4H3,(H,22,24)/t17?,18-,19?/m0/s1. The van der Waals surface area contributed by atoms with Gasteiger partial charge in [0.25, 0.3) is 0 Å². The van der Waals surface area contributed by atoms with E-state index in [2.05, 4.69) is 16.8 Å². The van der Waals surface area contributed by atoms with E-state index in [4.69, 9.17) is 9.47 Å². The smallest absolute Gasteiger partial charge is 0.407 e. The molecule has 2 fully saturated rings. The molecule has 0 aromatic rings. The van der Waals surface area contributed by atoms with Gasteiger partial charge in [-0.25, -0.2) is 4.79 Å². The fraction of sp³-hybridized carbons (Fsp3) is 0.857. The number of hydrogen-bond acceptors (Lipinski definition) is 4. The lowest BCUT2D eigenvalue weighted by atomic mass is 9.83. The van der Waals surface area contributed by atoms with Gasteiger partial charge in [-0.1, -0.05) is 18.9 Å². The molecule has 0 aromatic carbocycles. The molecule has 0 radical (unpaired) electrons. The number of piperidine rings is 1. The predicted octanol–water partition coefficient (Wildman–Crippen LogP) is 3.98. The Morgan fingerprint density at radius 3 is 2.73 bits per heavy atom. The van der Waals surface area contributed by atoms with Crippen LogP contribution in [-0.4, -0.2) is 55.5 Å². The van der Waals surface area contributed by atoms with Crippen molar-refractivity contribution in [1.29, 1.82) is 0 Å². The number of carbonyl (C=O) groups is 1. The SMILES string of the molecule is C=CCOCC1CCCN(C[C@@H]2CCCCC2NC(=O)OC(C)(C)C)C1. The van der Waals surface area contributed by atoms with Crippen molar-refractivity contribution in [1.82, 2.24) is 10.2 Å². The van der Waals surface area contributed by atoms with Crippen molar-refractivity contribution in [2.45, 2.75) is 70.9 Å². The Morgan fingerprint density at radius 1 is 1.23 bits per heavy atom. The predicted molar refractivity (Wildman–Crippen MR) is 105 cm³/mol. The van der Waals surface area contributed by atoms with Gasteiger partial charge in [0.05, 0.1) is 13.2 Å². The molecule has 2 unspecified atom stereocenters. The van der Waals surface area contributed by atoms with Crippen LogP contribution in [0.5, 0.6) is 0 Å². The molecule has 5 nitrogen and oxygen atoms in total. The summed E-state index contributed by atoms with van der Waals surface area (Å²) in [5.41, 5.74) is -0.445. The van der Waals surface area contributed by atoms with E-state index in [1.165, 1.54) is 32.1 Å². The summed E-state index contributed by atoms with van der Waals surface area (Å²) in [5.74, 6) is 1.13. The topological polar surface area (TPSA) is 50.8 Å². The number of amides is 1. The Kier molecular flexibility index (Phi) is 8.42. The van der Waals surface area contributed by atoms with Crippen molar-refractivity contribution >= 4 is 6.09 Å². The van der Waals surface area contributed by atoms with Gasteiger partial charge in [-0.3, -0.25) is 0 Å². The Bertz CT molecular complexity index is 447. The summed E-state index contributed by atoms with van der Waals surface area (Å²) in [5, 5.41) is 3.14. The molecular weight excluding hydrogens is 328 g/mol. The van der Waals surface area contributed by atoms with E-state index in [9.17, 15) is 4.79 Å². The molecule has 26 heavy (non-hydrogen) atoms. The second kappa shape index (κ2) is 10.3. The van der Waals surface area contributed by atoms with Crippen LogP contribution >= 0.6 is 0 Å². The van der Waals surface area contributed by atoms with Gasteiger partial charge < -0.3 is 19.7 Å². The fourth-order valence-corrected chi connectivity index (χ4v) is 4.18. The molecule has 1 heterocycles. The average molecular weight is 367 g/mol. The summed E-state index contributed by atoms with van der Waals surface area (Å²) in [7, 11) is 0. The van der Waals surface area contributed by atoms with E-state index in [-0.39, 0.29) is 12.1 Å². The number of alkyl carbamates (subject to hydrolysis) is 1. The highest BCUT2D eigenvalue weighted by molar-refractivity contribution is 5.68. The molecule has 1 amide bonds. The molecule has 2 rings (SSSR count). The molecular formula is C21H38N2O3. The lowest BCUT2D eigenvalue weighted by Gasteiger charge is -2.39. The van der Waals surface area contributed by atoms with Gasteiger partial charge in [0.1, 0.15) is 5.60 Å². The first-order valence-electron chi connectivity index (χ1n) is 10.3. The van der Waals surface area contributed by atoms with Crippen LogP contribution in [0.25, 0.3) is 0 Å². The van der Waals surface area contributed by atoms with E-state index in [0.29, 0.717) is 18.4 Å². The maximum absolute atomic E-state index is 12.2. The molecule has 5 heteroatoms. The second-order valence-electron chi connectivity index (χ2n) is 8.89. The third kappa shape index (κ3) is 7.67. The molecule has 0 aromatic heterocycles. The highest BCUT2D eigenvalue weighted by Gasteiger charge is 2.31. The number of nitrogens with one attached hydrogen (secondary N) is 1. The van der Waals surface area contributed by atoms with Crippen molar-refractivity contribution in [3.63, 3.8) is 0 Å². The van der Waals surface area contributed by atoms with Gasteiger partial charge in [0.15, 0.2) is 0 Å². The zero-order chi connectivity index (χ0) is 19.0. The summed E-state index contributed by atoms with van der Waals surface area (Å²) in [6, 6.07) is 0.232. The minimum absolute atomic E-state index is 0.232. The number of likely N-dealkylation sites (tertiary alicyclic amines) is 1. The Labute approximate surface area is 159 Å². The Hall–Kier alpha value is -1.07. The summed E-state index contributed by atoms with van der Waals surface area (Å²) >= 11 is 0. The maximum Gasteiger partial charge on any atom is 0.407 e. The van der Waals surface area contributed by atoms with Crippen molar-refractivity contribution in [3.05, 3.63) is 12.7 Å². The summed E-state index contributed by atoms with van der Waals surface area (Å²) in [6.45, 7) is 14.2. The van der Waals surface area contributed by atoms with E-state index < -0.39 is 5.60 Å². The first-order chi connectivity index (χ1) is 12.4. The van der Waals surface area contributed by atoms with Gasteiger partial charge in [-0.15, -0.1) is 6.58 Å². The minimum Gasteiger partial charge on any atom is -0.444 e. The molecule has 1 N–H and O–H groups in total. The van der Waals surface area contributed by atoms with E-state index in [1.807, 2.05) is 26.8 Å². The molecule has 150 valence electrons. The van der Waals surface area contributed by atoms with Crippen LogP contribution < -0.4 is 5.32 Å². The largest absolute Gasteiger partial charge is 0.444 e. The number of carbonyl (C=O) groups excluding carboxylic acids is 1. The van der Waals surface area contributed by atoms with Crippen LogP contribution in [0.3, 0.4) is 0 Å². The zero-order valence-corrected chi connectivity index (χ0v) is 17.0. The zero-order valence-electron chi connectivity index (χ0n) is 17.0. The number of nitrogens with zero attached hydrogens (tertiary/aromatic N) is 1. The van der Waals surface area contributed by atoms with Gasteiger partial charge in [-0.2, -0.15) is 0 Å². The lowest BCUT2D eigenvalue weighted by Crippen LogP contribution is -2.49. The van der Waals surface area contributed by atoms with Gasteiger partial charge in [-0.05, 0) is 64.8 Å². The maximum atomic E-state index is 12.2. The first-order valence-corrected chi connectivity index (χ1v) is 10.3. The monoisotopic (exact) mass is 366 g/mol. The fourth-order valence-electron chi connectivity index (χ4n) is 4.18. The van der Waals surface area contributed by atoms with Crippen LogP contribution in [0.1, 0.15) is 59.3 Å². The van der Waals surface area contributed by atoms with Crippen LogP contribution in [-0.2, 0) is 9.47 Å². The lowest BCUT2D eigenvalue weighted by molar-refractivity contribution is 0.0414. The minimum atomic E-state index is -0.445. The molecule has 2 aliphatic rings. The first kappa shape index (κ1) is 21.2. The normalized spacial score (nSPS) is 27.7. The molecule has 1 aliphatic carbocycles. The molecule has 0 spiro atoms. The molecule has 1 aliphatic heterocycles. The second-order valence-corrected chi connectivity index (χ2v) is 8.89. The van der Waals surface area contributed by atoms with Crippen LogP contribution in [0, 0.1) is 11.8 Å². The summed E-state index contributed by atoms with van der Waals surface area (Å²) < 4.78 is 11.1. The Balaban J connectivity index is 1.82. The van der Waals surface area contributed by atoms with E-state index in [0.717, 1.165) is 32.7 Å². The third-order valence-corrected chi connectivity index (χ3v) is 5.30.